The molecule has 1 rings (SSSR count). The average Bonchev–Trinajstić information content (AvgIpc) is 2.35. The Morgan fingerprint density at radius 3 is 2.20 bits per heavy atom. The summed E-state index contributed by atoms with van der Waals surface area (Å²) < 4.78 is 14.8. The first kappa shape index (κ1) is 16.2. The van der Waals surface area contributed by atoms with Crippen molar-refractivity contribution < 1.29 is 33.7 Å². The van der Waals surface area contributed by atoms with Crippen LogP contribution in [0.1, 0.15) is 20.8 Å². The number of carboxylic acids is 1. The highest BCUT2D eigenvalue weighted by molar-refractivity contribution is 5.79. The van der Waals surface area contributed by atoms with Crippen molar-refractivity contribution >= 4 is 18.0 Å². The van der Waals surface area contributed by atoms with Crippen LogP contribution in [0, 0.1) is 0 Å². The van der Waals surface area contributed by atoms with E-state index < -0.39 is 35.8 Å². The Morgan fingerprint density at radius 1 is 1.20 bits per heavy atom. The molecule has 1 aliphatic heterocycles. The Labute approximate surface area is 116 Å². The van der Waals surface area contributed by atoms with Gasteiger partial charge in [-0.15, -0.1) is 0 Å². The lowest BCUT2D eigenvalue weighted by Gasteiger charge is -2.35. The summed E-state index contributed by atoms with van der Waals surface area (Å²) in [6.45, 7) is 4.79. The van der Waals surface area contributed by atoms with Crippen LogP contribution < -0.4 is 0 Å². The smallest absolute Gasteiger partial charge is 0.410 e. The van der Waals surface area contributed by atoms with Gasteiger partial charge in [0.15, 0.2) is 12.2 Å². The molecule has 1 N–H and O–H groups in total. The van der Waals surface area contributed by atoms with Gasteiger partial charge in [-0.05, 0) is 20.8 Å². The van der Waals surface area contributed by atoms with Crippen molar-refractivity contribution in [2.75, 3.05) is 20.2 Å². The number of hydrogen-bond acceptors (Lipinski definition) is 6. The van der Waals surface area contributed by atoms with E-state index in [-0.39, 0.29) is 13.1 Å². The number of methoxy groups -OCH3 is 1. The number of rotatable bonds is 2. The third kappa shape index (κ3) is 4.37. The minimum Gasteiger partial charge on any atom is -0.479 e. The maximum absolute atomic E-state index is 11.9. The van der Waals surface area contributed by atoms with Gasteiger partial charge < -0.3 is 24.2 Å². The predicted molar refractivity (Wildman–Crippen MR) is 66.1 cm³/mol. The zero-order valence-corrected chi connectivity index (χ0v) is 11.9. The Hall–Kier alpha value is -1.83. The quantitative estimate of drug-likeness (QED) is 0.727. The van der Waals surface area contributed by atoms with Gasteiger partial charge in [-0.25, -0.2) is 14.4 Å². The second kappa shape index (κ2) is 6.08. The third-order valence-corrected chi connectivity index (χ3v) is 2.49. The largest absolute Gasteiger partial charge is 0.479 e. The fourth-order valence-corrected chi connectivity index (χ4v) is 1.63. The van der Waals surface area contributed by atoms with Gasteiger partial charge in [0, 0.05) is 0 Å². The zero-order valence-electron chi connectivity index (χ0n) is 11.9. The molecule has 1 fully saturated rings. The summed E-state index contributed by atoms with van der Waals surface area (Å²) in [5.41, 5.74) is -0.713. The molecule has 1 amide bonds. The second-order valence-corrected chi connectivity index (χ2v) is 5.36. The molecule has 1 aliphatic rings. The molecule has 2 atom stereocenters. The Balaban J connectivity index is 2.82. The van der Waals surface area contributed by atoms with Crippen LogP contribution in [-0.4, -0.2) is 66.0 Å². The fourth-order valence-electron chi connectivity index (χ4n) is 1.63. The highest BCUT2D eigenvalue weighted by Gasteiger charge is 2.39. The molecule has 114 valence electrons. The van der Waals surface area contributed by atoms with E-state index >= 15 is 0 Å². The molecule has 0 aromatic rings. The van der Waals surface area contributed by atoms with Crippen LogP contribution >= 0.6 is 0 Å². The number of carbonyl (C=O) groups is 3. The van der Waals surface area contributed by atoms with Crippen molar-refractivity contribution in [3.05, 3.63) is 0 Å². The summed E-state index contributed by atoms with van der Waals surface area (Å²) in [6.07, 6.45) is -3.12. The first-order valence-electron chi connectivity index (χ1n) is 6.08. The topological polar surface area (TPSA) is 102 Å². The number of aliphatic carboxylic acids is 1. The zero-order chi connectivity index (χ0) is 15.5. The molecule has 1 heterocycles. The Morgan fingerprint density at radius 2 is 1.75 bits per heavy atom. The lowest BCUT2D eigenvalue weighted by Crippen LogP contribution is -2.55. The highest BCUT2D eigenvalue weighted by atomic mass is 16.6. The molecular formula is C12H19NO7. The van der Waals surface area contributed by atoms with Crippen molar-refractivity contribution in [2.45, 2.75) is 38.6 Å². The summed E-state index contributed by atoms with van der Waals surface area (Å²) in [7, 11) is 1.16. The first-order chi connectivity index (χ1) is 9.14. The summed E-state index contributed by atoms with van der Waals surface area (Å²) in [5, 5.41) is 8.99. The lowest BCUT2D eigenvalue weighted by atomic mass is 10.2. The summed E-state index contributed by atoms with van der Waals surface area (Å²) in [4.78, 5) is 35.6. The number of carboxylic acid groups (broad SMARTS) is 1. The van der Waals surface area contributed by atoms with E-state index in [1.54, 1.807) is 20.8 Å². The number of morpholine rings is 1. The van der Waals surface area contributed by atoms with Gasteiger partial charge in [-0.3, -0.25) is 0 Å². The maximum Gasteiger partial charge on any atom is 0.410 e. The van der Waals surface area contributed by atoms with E-state index in [9.17, 15) is 14.4 Å². The first-order valence-corrected chi connectivity index (χ1v) is 6.08. The third-order valence-electron chi connectivity index (χ3n) is 2.49. The van der Waals surface area contributed by atoms with Crippen LogP contribution in [0.25, 0.3) is 0 Å². The summed E-state index contributed by atoms with van der Waals surface area (Å²) in [6, 6.07) is 0. The highest BCUT2D eigenvalue weighted by Crippen LogP contribution is 2.17. The van der Waals surface area contributed by atoms with Gasteiger partial charge in [-0.2, -0.15) is 0 Å². The van der Waals surface area contributed by atoms with Crippen LogP contribution in [0.3, 0.4) is 0 Å². The molecular weight excluding hydrogens is 270 g/mol. The van der Waals surface area contributed by atoms with E-state index in [0.717, 1.165) is 12.0 Å². The lowest BCUT2D eigenvalue weighted by molar-refractivity contribution is -0.177. The van der Waals surface area contributed by atoms with Gasteiger partial charge >= 0.3 is 18.0 Å². The van der Waals surface area contributed by atoms with Gasteiger partial charge in [0.05, 0.1) is 20.2 Å². The monoisotopic (exact) mass is 289 g/mol. The minimum absolute atomic E-state index is 0.106. The molecule has 0 unspecified atom stereocenters. The number of esters is 1. The van der Waals surface area contributed by atoms with E-state index in [2.05, 4.69) is 4.74 Å². The number of amides is 1. The normalized spacial score (nSPS) is 23.1. The molecule has 0 spiro atoms. The number of nitrogens with zero attached hydrogens (tertiary/aromatic N) is 1. The van der Waals surface area contributed by atoms with E-state index in [0.29, 0.717) is 0 Å². The van der Waals surface area contributed by atoms with Crippen LogP contribution in [0.4, 0.5) is 4.79 Å². The van der Waals surface area contributed by atoms with Crippen molar-refractivity contribution in [2.24, 2.45) is 0 Å². The molecule has 20 heavy (non-hydrogen) atoms. The summed E-state index contributed by atoms with van der Waals surface area (Å²) >= 11 is 0. The maximum atomic E-state index is 11.9. The Kier molecular flexibility index (Phi) is 4.93. The number of hydrogen-bond donors (Lipinski definition) is 1. The van der Waals surface area contributed by atoms with Crippen molar-refractivity contribution in [1.29, 1.82) is 0 Å². The van der Waals surface area contributed by atoms with Gasteiger partial charge in [0.25, 0.3) is 0 Å². The predicted octanol–water partition coefficient (Wildman–Crippen LogP) is 0.248. The van der Waals surface area contributed by atoms with Crippen molar-refractivity contribution in [3.63, 3.8) is 0 Å². The van der Waals surface area contributed by atoms with Crippen molar-refractivity contribution in [3.8, 4) is 0 Å². The van der Waals surface area contributed by atoms with Gasteiger partial charge in [-0.1, -0.05) is 0 Å². The molecule has 0 saturated carbocycles. The molecule has 8 nitrogen and oxygen atoms in total. The van der Waals surface area contributed by atoms with E-state index in [1.165, 1.54) is 0 Å². The van der Waals surface area contributed by atoms with Gasteiger partial charge in [0.2, 0.25) is 0 Å². The van der Waals surface area contributed by atoms with E-state index in [4.69, 9.17) is 14.6 Å². The molecule has 0 aromatic carbocycles. The molecule has 8 heteroatoms. The molecule has 1 saturated heterocycles. The number of ether oxygens (including phenoxy) is 3. The molecule has 0 aromatic heterocycles. The van der Waals surface area contributed by atoms with Crippen LogP contribution in [-0.2, 0) is 23.8 Å². The van der Waals surface area contributed by atoms with Crippen molar-refractivity contribution in [1.82, 2.24) is 4.90 Å². The molecule has 0 bridgehead atoms. The Bertz CT molecular complexity index is 401. The molecule has 0 radical (unpaired) electrons. The average molecular weight is 289 g/mol. The van der Waals surface area contributed by atoms with Gasteiger partial charge in [0.1, 0.15) is 5.60 Å². The second-order valence-electron chi connectivity index (χ2n) is 5.36. The summed E-state index contributed by atoms with van der Waals surface area (Å²) in [5.74, 6) is -1.99. The SMILES string of the molecule is COC(=O)[C@@H]1CN(C(=O)OC(C)(C)C)C[C@H](C(=O)O)O1. The fraction of sp³-hybridized carbons (Fsp3) is 0.750. The molecule has 0 aliphatic carbocycles. The number of carbonyl (C=O) groups excluding carboxylic acids is 2. The van der Waals surface area contributed by atoms with E-state index in [1.807, 2.05) is 0 Å². The standard InChI is InChI=1S/C12H19NO7/c1-12(2,3)20-11(17)13-5-7(9(14)15)19-8(6-13)10(16)18-4/h7-8H,5-6H2,1-4H3,(H,14,15)/t7-,8+/m1/s1. The van der Waals surface area contributed by atoms with Crippen LogP contribution in [0.5, 0.6) is 0 Å². The van der Waals surface area contributed by atoms with Crippen LogP contribution in [0.2, 0.25) is 0 Å². The minimum atomic E-state index is -1.29. The van der Waals surface area contributed by atoms with Crippen LogP contribution in [0.15, 0.2) is 0 Å².